The molecule has 0 aliphatic rings. The molecule has 0 bridgehead atoms. The Morgan fingerprint density at radius 2 is 1.75 bits per heavy atom. The van der Waals surface area contributed by atoms with Crippen LogP contribution in [0.25, 0.3) is 0 Å². The summed E-state index contributed by atoms with van der Waals surface area (Å²) in [5.74, 6) is 1.09. The van der Waals surface area contributed by atoms with Crippen molar-refractivity contribution in [3.05, 3.63) is 53.6 Å². The van der Waals surface area contributed by atoms with Crippen molar-refractivity contribution in [3.8, 4) is 17.2 Å². The summed E-state index contributed by atoms with van der Waals surface area (Å²) in [6.45, 7) is 9.55. The van der Waals surface area contributed by atoms with E-state index < -0.39 is 18.2 Å². The number of aliphatic carboxylic acids is 1. The second kappa shape index (κ2) is 15.0. The lowest BCUT2D eigenvalue weighted by Crippen LogP contribution is -2.37. The number of carboxylic acid groups (broad SMARTS) is 1. The fraction of sp³-hybridized carbons (Fsp3) is 0.500. The Kier molecular flexibility index (Phi) is 12.1. The summed E-state index contributed by atoms with van der Waals surface area (Å²) in [6.07, 6.45) is 0.813. The first-order chi connectivity index (χ1) is 17.2. The van der Waals surface area contributed by atoms with Crippen molar-refractivity contribution in [1.82, 2.24) is 4.90 Å². The number of carbonyl (C=O) groups is 2. The van der Waals surface area contributed by atoms with E-state index in [9.17, 15) is 14.7 Å². The van der Waals surface area contributed by atoms with Gasteiger partial charge in [-0.3, -0.25) is 0 Å². The van der Waals surface area contributed by atoms with Crippen LogP contribution in [-0.2, 0) is 16.0 Å². The lowest BCUT2D eigenvalue weighted by atomic mass is 10.1. The van der Waals surface area contributed by atoms with Crippen LogP contribution in [-0.4, -0.2) is 61.6 Å². The van der Waals surface area contributed by atoms with Crippen LogP contribution in [0, 0.1) is 12.8 Å². The minimum absolute atomic E-state index is 0.279. The number of benzene rings is 2. The van der Waals surface area contributed by atoms with Crippen LogP contribution in [0.4, 0.5) is 4.79 Å². The summed E-state index contributed by atoms with van der Waals surface area (Å²) < 4.78 is 22.1. The van der Waals surface area contributed by atoms with Gasteiger partial charge in [0.1, 0.15) is 12.4 Å². The molecule has 0 spiro atoms. The zero-order valence-corrected chi connectivity index (χ0v) is 22.0. The second-order valence-electron chi connectivity index (χ2n) is 9.02. The molecule has 36 heavy (non-hydrogen) atoms. The number of nitrogens with zero attached hydrogens (tertiary/aromatic N) is 1. The number of aryl methyl sites for hydroxylation is 1. The van der Waals surface area contributed by atoms with E-state index in [1.807, 2.05) is 25.1 Å². The van der Waals surface area contributed by atoms with Crippen molar-refractivity contribution in [2.75, 3.05) is 33.4 Å². The molecular formula is C28H39NO7. The van der Waals surface area contributed by atoms with Gasteiger partial charge in [0.05, 0.1) is 13.7 Å². The molecule has 2 aromatic carbocycles. The predicted octanol–water partition coefficient (Wildman–Crippen LogP) is 5.35. The average Bonchev–Trinajstić information content (AvgIpc) is 2.83. The smallest absolute Gasteiger partial charge is 0.415 e. The summed E-state index contributed by atoms with van der Waals surface area (Å²) in [5, 5.41) is 9.26. The summed E-state index contributed by atoms with van der Waals surface area (Å²) >= 11 is 0. The standard InChI is InChI=1S/C28H39NO7/c1-6-34-26(27(30)31)19-22-10-12-23(13-11-22)35-17-16-29(15-7-8-20(2)3)28(32)36-25-18-21(4)9-14-24(25)33-5/h9-14,18,20,26H,6-8,15-17,19H2,1-5H3,(H,30,31). The molecule has 1 atom stereocenters. The van der Waals surface area contributed by atoms with E-state index in [1.54, 1.807) is 43.2 Å². The van der Waals surface area contributed by atoms with Gasteiger partial charge in [-0.1, -0.05) is 32.0 Å². The molecule has 0 saturated heterocycles. The van der Waals surface area contributed by atoms with Crippen molar-refractivity contribution in [3.63, 3.8) is 0 Å². The maximum Gasteiger partial charge on any atom is 0.415 e. The van der Waals surface area contributed by atoms with Gasteiger partial charge in [0.15, 0.2) is 17.6 Å². The van der Waals surface area contributed by atoms with Crippen LogP contribution >= 0.6 is 0 Å². The topological polar surface area (TPSA) is 94.5 Å². The molecule has 1 amide bonds. The van der Waals surface area contributed by atoms with Crippen molar-refractivity contribution >= 4 is 12.1 Å². The number of ether oxygens (including phenoxy) is 4. The van der Waals surface area contributed by atoms with Gasteiger partial charge in [0.2, 0.25) is 0 Å². The summed E-state index contributed by atoms with van der Waals surface area (Å²) in [6, 6.07) is 12.7. The molecule has 1 unspecified atom stereocenters. The molecule has 8 heteroatoms. The number of hydrogen-bond acceptors (Lipinski definition) is 6. The maximum absolute atomic E-state index is 13.0. The van der Waals surface area contributed by atoms with Crippen LogP contribution in [0.2, 0.25) is 0 Å². The van der Waals surface area contributed by atoms with E-state index in [0.29, 0.717) is 42.9 Å². The third-order valence-corrected chi connectivity index (χ3v) is 5.60. The van der Waals surface area contributed by atoms with Gasteiger partial charge in [0.25, 0.3) is 0 Å². The Morgan fingerprint density at radius 1 is 1.03 bits per heavy atom. The van der Waals surface area contributed by atoms with Gasteiger partial charge >= 0.3 is 12.1 Å². The minimum Gasteiger partial charge on any atom is -0.493 e. The number of amides is 1. The number of carbonyl (C=O) groups excluding carboxylic acids is 1. The van der Waals surface area contributed by atoms with Gasteiger partial charge in [-0.05, 0) is 68.0 Å². The minimum atomic E-state index is -0.982. The first kappa shape index (κ1) is 29.0. The van der Waals surface area contributed by atoms with Crippen LogP contribution in [0.5, 0.6) is 17.2 Å². The first-order valence-electron chi connectivity index (χ1n) is 12.4. The molecule has 2 rings (SSSR count). The molecule has 0 aromatic heterocycles. The molecule has 1 N–H and O–H groups in total. The van der Waals surface area contributed by atoms with Crippen molar-refractivity contribution in [2.24, 2.45) is 5.92 Å². The van der Waals surface area contributed by atoms with E-state index in [4.69, 9.17) is 18.9 Å². The molecular weight excluding hydrogens is 462 g/mol. The highest BCUT2D eigenvalue weighted by atomic mass is 16.6. The fourth-order valence-electron chi connectivity index (χ4n) is 3.64. The number of methoxy groups -OCH3 is 1. The Labute approximate surface area is 214 Å². The van der Waals surface area contributed by atoms with Crippen LogP contribution in [0.3, 0.4) is 0 Å². The molecule has 0 heterocycles. The third kappa shape index (κ3) is 9.77. The number of hydrogen-bond donors (Lipinski definition) is 1. The van der Waals surface area contributed by atoms with E-state index in [-0.39, 0.29) is 13.0 Å². The number of rotatable bonds is 15. The Morgan fingerprint density at radius 3 is 2.36 bits per heavy atom. The highest BCUT2D eigenvalue weighted by Gasteiger charge is 2.19. The largest absolute Gasteiger partial charge is 0.493 e. The van der Waals surface area contributed by atoms with E-state index in [1.165, 1.54) is 0 Å². The quantitative estimate of drug-likeness (QED) is 0.351. The zero-order chi connectivity index (χ0) is 26.5. The summed E-state index contributed by atoms with van der Waals surface area (Å²) in [4.78, 5) is 26.0. The number of carboxylic acids is 1. The van der Waals surface area contributed by atoms with Crippen molar-refractivity contribution in [2.45, 2.75) is 53.1 Å². The molecule has 0 aliphatic heterocycles. The second-order valence-corrected chi connectivity index (χ2v) is 9.02. The normalized spacial score (nSPS) is 11.7. The van der Waals surface area contributed by atoms with Crippen LogP contribution < -0.4 is 14.2 Å². The van der Waals surface area contributed by atoms with Gasteiger partial charge in [-0.15, -0.1) is 0 Å². The molecule has 0 aliphatic carbocycles. The van der Waals surface area contributed by atoms with Gasteiger partial charge in [-0.25, -0.2) is 9.59 Å². The monoisotopic (exact) mass is 501 g/mol. The van der Waals surface area contributed by atoms with E-state index >= 15 is 0 Å². The lowest BCUT2D eigenvalue weighted by Gasteiger charge is -2.23. The SMILES string of the molecule is CCOC(Cc1ccc(OCCN(CCCC(C)C)C(=O)Oc2cc(C)ccc2OC)cc1)C(=O)O. The highest BCUT2D eigenvalue weighted by Crippen LogP contribution is 2.28. The molecule has 2 aromatic rings. The highest BCUT2D eigenvalue weighted by molar-refractivity contribution is 5.73. The third-order valence-electron chi connectivity index (χ3n) is 5.60. The van der Waals surface area contributed by atoms with Gasteiger partial charge < -0.3 is 29.0 Å². The Bertz CT molecular complexity index is 959. The molecule has 0 saturated carbocycles. The zero-order valence-electron chi connectivity index (χ0n) is 22.0. The molecule has 8 nitrogen and oxygen atoms in total. The molecule has 198 valence electrons. The lowest BCUT2D eigenvalue weighted by molar-refractivity contribution is -0.149. The Balaban J connectivity index is 1.98. The average molecular weight is 502 g/mol. The van der Waals surface area contributed by atoms with Crippen molar-refractivity contribution in [1.29, 1.82) is 0 Å². The predicted molar refractivity (Wildman–Crippen MR) is 138 cm³/mol. The van der Waals surface area contributed by atoms with Gasteiger partial charge in [-0.2, -0.15) is 0 Å². The van der Waals surface area contributed by atoms with Crippen molar-refractivity contribution < 1.29 is 33.6 Å². The Hall–Kier alpha value is -3.26. The molecule has 0 radical (unpaired) electrons. The van der Waals surface area contributed by atoms with Crippen LogP contribution in [0.15, 0.2) is 42.5 Å². The summed E-state index contributed by atoms with van der Waals surface area (Å²) in [7, 11) is 1.54. The van der Waals surface area contributed by atoms with Crippen LogP contribution in [0.1, 0.15) is 44.7 Å². The fourth-order valence-corrected chi connectivity index (χ4v) is 3.64. The molecule has 0 fully saturated rings. The van der Waals surface area contributed by atoms with E-state index in [2.05, 4.69) is 13.8 Å². The van der Waals surface area contributed by atoms with Gasteiger partial charge in [0, 0.05) is 19.6 Å². The summed E-state index contributed by atoms with van der Waals surface area (Å²) in [5.41, 5.74) is 1.81. The van der Waals surface area contributed by atoms with E-state index in [0.717, 1.165) is 24.0 Å². The maximum atomic E-state index is 13.0. The first-order valence-corrected chi connectivity index (χ1v) is 12.4.